The normalized spacial score (nSPS) is 17.9. The summed E-state index contributed by atoms with van der Waals surface area (Å²) in [5, 5.41) is 10.6. The van der Waals surface area contributed by atoms with Gasteiger partial charge in [0.15, 0.2) is 6.29 Å². The van der Waals surface area contributed by atoms with Gasteiger partial charge in [0, 0.05) is 6.54 Å². The fourth-order valence-corrected chi connectivity index (χ4v) is 5.89. The van der Waals surface area contributed by atoms with Crippen molar-refractivity contribution < 1.29 is 28.9 Å². The second-order valence-electron chi connectivity index (χ2n) is 14.0. The minimum atomic E-state index is -0.673. The number of aliphatic hydroxyl groups excluding tert-OH is 1. The molecule has 0 spiro atoms. The fourth-order valence-electron chi connectivity index (χ4n) is 5.89. The molecule has 1 saturated heterocycles. The van der Waals surface area contributed by atoms with E-state index in [1.54, 1.807) is 0 Å². The van der Waals surface area contributed by atoms with E-state index >= 15 is 0 Å². The zero-order chi connectivity index (χ0) is 31.9. The summed E-state index contributed by atoms with van der Waals surface area (Å²) < 4.78 is 17.2. The van der Waals surface area contributed by atoms with E-state index in [4.69, 9.17) is 14.2 Å². The molecule has 1 heterocycles. The summed E-state index contributed by atoms with van der Waals surface area (Å²) in [5.74, 6) is -0.0854. The molecule has 1 rings (SSSR count). The van der Waals surface area contributed by atoms with Crippen molar-refractivity contribution in [3.8, 4) is 0 Å². The van der Waals surface area contributed by atoms with Crippen LogP contribution in [0.5, 0.6) is 0 Å². The number of carbonyl (C=O) groups is 2. The Labute approximate surface area is 265 Å². The first-order valence-corrected chi connectivity index (χ1v) is 18.1. The third-order valence-electron chi connectivity index (χ3n) is 8.36. The summed E-state index contributed by atoms with van der Waals surface area (Å²) in [6.07, 6.45) is 22.7. The number of rotatable bonds is 25. The van der Waals surface area contributed by atoms with Crippen molar-refractivity contribution in [2.75, 3.05) is 13.2 Å². The summed E-state index contributed by atoms with van der Waals surface area (Å²) in [7, 11) is 0. The zero-order valence-electron chi connectivity index (χ0n) is 29.0. The van der Waals surface area contributed by atoms with Gasteiger partial charge in [-0.15, -0.1) is 0 Å². The Morgan fingerprint density at radius 2 is 1.26 bits per heavy atom. The Morgan fingerprint density at radius 1 is 0.767 bits per heavy atom. The van der Waals surface area contributed by atoms with Crippen LogP contribution in [-0.2, 0) is 19.0 Å². The number of nitrogens with zero attached hydrogens (tertiary/aromatic N) is 1. The van der Waals surface area contributed by atoms with Crippen LogP contribution in [0.3, 0.4) is 0 Å². The minimum absolute atomic E-state index is 0.177. The maximum Gasteiger partial charge on any atom is 0.411 e. The Bertz CT molecular complexity index is 692. The number of hydrogen-bond acceptors (Lipinski definition) is 6. The molecule has 1 N–H and O–H groups in total. The number of likely N-dealkylation sites (tertiary alicyclic amines) is 1. The predicted molar refractivity (Wildman–Crippen MR) is 176 cm³/mol. The summed E-state index contributed by atoms with van der Waals surface area (Å²) >= 11 is 0. The first-order valence-electron chi connectivity index (χ1n) is 18.1. The second-order valence-corrected chi connectivity index (χ2v) is 14.0. The highest BCUT2D eigenvalue weighted by Crippen LogP contribution is 2.26. The molecule has 1 amide bonds. The lowest BCUT2D eigenvalue weighted by molar-refractivity contribution is -0.149. The fraction of sp³-hybridized carbons (Fsp3) is 0.944. The molecule has 7 nitrogen and oxygen atoms in total. The van der Waals surface area contributed by atoms with Gasteiger partial charge in [-0.1, -0.05) is 117 Å². The highest BCUT2D eigenvalue weighted by atomic mass is 16.6. The molecular formula is C36H69NO6. The van der Waals surface area contributed by atoms with Crippen molar-refractivity contribution in [1.29, 1.82) is 0 Å². The van der Waals surface area contributed by atoms with E-state index in [1.807, 2.05) is 27.7 Å². The molecule has 1 aliphatic heterocycles. The molecule has 0 saturated carbocycles. The Kier molecular flexibility index (Phi) is 22.1. The zero-order valence-corrected chi connectivity index (χ0v) is 29.0. The number of aliphatic hydroxyl groups is 1. The Balaban J connectivity index is 2.24. The van der Waals surface area contributed by atoms with Gasteiger partial charge in [-0.05, 0) is 65.2 Å². The summed E-state index contributed by atoms with van der Waals surface area (Å²) in [6.45, 7) is 12.9. The van der Waals surface area contributed by atoms with E-state index in [2.05, 4.69) is 13.8 Å². The number of amides is 1. The Hall–Kier alpha value is -1.34. The van der Waals surface area contributed by atoms with Crippen molar-refractivity contribution >= 4 is 12.1 Å². The molecule has 0 radical (unpaired) electrons. The number of ether oxygens (including phenoxy) is 3. The van der Waals surface area contributed by atoms with Crippen LogP contribution in [0.15, 0.2) is 0 Å². The van der Waals surface area contributed by atoms with Gasteiger partial charge in [0.2, 0.25) is 0 Å². The molecular weight excluding hydrogens is 542 g/mol. The van der Waals surface area contributed by atoms with Crippen LogP contribution >= 0.6 is 0 Å². The monoisotopic (exact) mass is 612 g/mol. The van der Waals surface area contributed by atoms with Crippen LogP contribution in [0.2, 0.25) is 0 Å². The molecule has 0 aromatic carbocycles. The second kappa shape index (κ2) is 24.0. The largest absolute Gasteiger partial charge is 0.464 e. The van der Waals surface area contributed by atoms with Crippen LogP contribution in [0.25, 0.3) is 0 Å². The number of esters is 1. The first kappa shape index (κ1) is 39.7. The molecule has 2 unspecified atom stereocenters. The van der Waals surface area contributed by atoms with Crippen LogP contribution in [0, 0.1) is 5.92 Å². The highest BCUT2D eigenvalue weighted by Gasteiger charge is 2.40. The van der Waals surface area contributed by atoms with E-state index in [0.717, 1.165) is 44.9 Å². The summed E-state index contributed by atoms with van der Waals surface area (Å²) in [4.78, 5) is 26.8. The summed E-state index contributed by atoms with van der Waals surface area (Å²) in [5.41, 5.74) is -0.595. The average molecular weight is 612 g/mol. The van der Waals surface area contributed by atoms with E-state index < -0.39 is 24.0 Å². The first-order chi connectivity index (χ1) is 20.6. The molecule has 1 aliphatic rings. The lowest BCUT2D eigenvalue weighted by atomic mass is 10.0. The van der Waals surface area contributed by atoms with Crippen LogP contribution < -0.4 is 0 Å². The molecule has 0 bridgehead atoms. The van der Waals surface area contributed by atoms with E-state index in [0.29, 0.717) is 26.0 Å². The molecule has 0 aromatic rings. The molecule has 43 heavy (non-hydrogen) atoms. The molecule has 7 heteroatoms. The van der Waals surface area contributed by atoms with Gasteiger partial charge < -0.3 is 19.3 Å². The van der Waals surface area contributed by atoms with Gasteiger partial charge in [-0.25, -0.2) is 9.59 Å². The van der Waals surface area contributed by atoms with Crippen molar-refractivity contribution in [1.82, 2.24) is 4.90 Å². The average Bonchev–Trinajstić information content (AvgIpc) is 3.34. The number of carbonyl (C=O) groups excluding carboxylic acids is 2. The maximum absolute atomic E-state index is 12.7. The van der Waals surface area contributed by atoms with Crippen LogP contribution in [0.1, 0.15) is 176 Å². The van der Waals surface area contributed by atoms with E-state index in [9.17, 15) is 14.7 Å². The van der Waals surface area contributed by atoms with Crippen molar-refractivity contribution in [3.63, 3.8) is 0 Å². The van der Waals surface area contributed by atoms with Gasteiger partial charge in [-0.2, -0.15) is 0 Å². The van der Waals surface area contributed by atoms with Crippen molar-refractivity contribution in [3.05, 3.63) is 0 Å². The van der Waals surface area contributed by atoms with Gasteiger partial charge in [-0.3, -0.25) is 4.90 Å². The topological polar surface area (TPSA) is 85.3 Å². The van der Waals surface area contributed by atoms with Crippen molar-refractivity contribution in [2.45, 2.75) is 200 Å². The number of unbranched alkanes of at least 4 members (excludes halogenated alkanes) is 14. The van der Waals surface area contributed by atoms with Crippen LogP contribution in [0.4, 0.5) is 4.79 Å². The molecule has 3 atom stereocenters. The third kappa shape index (κ3) is 20.3. The quantitative estimate of drug-likeness (QED) is 0.0628. The SMILES string of the molecule is CCCCCCCCC(CCCCCCCC)OC(O)CCCCCCCOC(=O)[C@@H]1CC(C)CN1C(=O)OC(C)(C)C. The minimum Gasteiger partial charge on any atom is -0.464 e. The number of hydrogen-bond donors (Lipinski definition) is 1. The lowest BCUT2D eigenvalue weighted by Gasteiger charge is -2.27. The van der Waals surface area contributed by atoms with Gasteiger partial charge in [0.05, 0.1) is 12.7 Å². The molecule has 1 fully saturated rings. The Morgan fingerprint density at radius 3 is 1.79 bits per heavy atom. The maximum atomic E-state index is 12.7. The predicted octanol–water partition coefficient (Wildman–Crippen LogP) is 9.72. The van der Waals surface area contributed by atoms with Gasteiger partial charge in [0.1, 0.15) is 11.6 Å². The molecule has 0 aliphatic carbocycles. The van der Waals surface area contributed by atoms with Crippen LogP contribution in [-0.4, -0.2) is 59.3 Å². The lowest BCUT2D eigenvalue weighted by Crippen LogP contribution is -2.44. The van der Waals surface area contributed by atoms with Gasteiger partial charge in [0.25, 0.3) is 0 Å². The van der Waals surface area contributed by atoms with E-state index in [1.165, 1.54) is 81.9 Å². The van der Waals surface area contributed by atoms with E-state index in [-0.39, 0.29) is 18.0 Å². The van der Waals surface area contributed by atoms with Crippen molar-refractivity contribution in [2.24, 2.45) is 5.92 Å². The molecule has 254 valence electrons. The smallest absolute Gasteiger partial charge is 0.411 e. The standard InChI is InChI=1S/C36H69NO6/c1-7-9-11-13-16-20-24-31(25-21-17-14-12-10-8-2)42-33(38)26-22-18-15-19-23-27-41-34(39)32-28-30(3)29-37(32)35(40)43-36(4,5)6/h30-33,38H,7-29H2,1-6H3/t30?,32-,33?/m0/s1. The molecule has 0 aromatic heterocycles. The third-order valence-corrected chi connectivity index (χ3v) is 8.36. The van der Waals surface area contributed by atoms with Gasteiger partial charge >= 0.3 is 12.1 Å². The summed E-state index contributed by atoms with van der Waals surface area (Å²) in [6, 6.07) is -0.558. The highest BCUT2D eigenvalue weighted by molar-refractivity contribution is 5.82.